The topological polar surface area (TPSA) is 120 Å². The van der Waals surface area contributed by atoms with E-state index in [0.29, 0.717) is 45.3 Å². The third kappa shape index (κ3) is 4.06. The van der Waals surface area contributed by atoms with Gasteiger partial charge in [-0.2, -0.15) is 0 Å². The quantitative estimate of drug-likeness (QED) is 0.418. The van der Waals surface area contributed by atoms with Crippen molar-refractivity contribution in [2.45, 2.75) is 0 Å². The summed E-state index contributed by atoms with van der Waals surface area (Å²) in [6.45, 7) is 2.78. The molecule has 3 aromatic heterocycles. The van der Waals surface area contributed by atoms with E-state index in [1.54, 1.807) is 53.0 Å². The van der Waals surface area contributed by atoms with Crippen LogP contribution < -0.4 is 21.4 Å². The Labute approximate surface area is 216 Å². The molecule has 1 amide bonds. The Bertz CT molecular complexity index is 1540. The lowest BCUT2D eigenvalue weighted by Crippen LogP contribution is -2.46. The average Bonchev–Trinajstić information content (AvgIpc) is 3.26. The highest BCUT2D eigenvalue weighted by Crippen LogP contribution is 2.35. The number of fused-ring (bicyclic) bond motifs is 1. The number of nitrogens with one attached hydrogen (secondary N) is 1. The van der Waals surface area contributed by atoms with Gasteiger partial charge in [0, 0.05) is 50.6 Å². The van der Waals surface area contributed by atoms with Crippen molar-refractivity contribution >= 4 is 46.0 Å². The minimum absolute atomic E-state index is 0.0749. The molecule has 1 aromatic carbocycles. The number of amides is 1. The molecule has 1 aliphatic rings. The molecule has 1 fully saturated rings. The van der Waals surface area contributed by atoms with E-state index < -0.39 is 5.56 Å². The molecule has 0 saturated carbocycles. The minimum atomic E-state index is -0.508. The minimum Gasteiger partial charge on any atom is -0.412 e. The van der Waals surface area contributed by atoms with Crippen LogP contribution in [0.25, 0.3) is 33.5 Å². The van der Waals surface area contributed by atoms with E-state index in [1.165, 1.54) is 7.11 Å². The summed E-state index contributed by atoms with van der Waals surface area (Å²) in [6.07, 6.45) is 1.75. The van der Waals surface area contributed by atoms with E-state index in [0.717, 1.165) is 17.8 Å². The average molecular weight is 528 g/mol. The van der Waals surface area contributed by atoms with Crippen LogP contribution >= 0.6 is 23.2 Å². The van der Waals surface area contributed by atoms with Gasteiger partial charge in [0.15, 0.2) is 11.5 Å². The molecule has 0 aliphatic carbocycles. The van der Waals surface area contributed by atoms with Gasteiger partial charge in [0.25, 0.3) is 11.5 Å². The normalized spacial score (nSPS) is 13.8. The molecule has 0 bridgehead atoms. The molecule has 0 unspecified atom stereocenters. The van der Waals surface area contributed by atoms with Gasteiger partial charge in [-0.25, -0.2) is 9.97 Å². The largest absolute Gasteiger partial charge is 0.412 e. The number of hydrogen-bond acceptors (Lipinski definition) is 7. The fourth-order valence-electron chi connectivity index (χ4n) is 4.34. The fraction of sp³-hybridized carbons (Fsp3) is 0.250. The van der Waals surface area contributed by atoms with Crippen molar-refractivity contribution in [3.63, 3.8) is 0 Å². The number of aromatic nitrogens is 4. The van der Waals surface area contributed by atoms with Crippen LogP contribution in [-0.4, -0.2) is 63.4 Å². The second kappa shape index (κ2) is 9.45. The zero-order valence-electron chi connectivity index (χ0n) is 19.6. The van der Waals surface area contributed by atoms with Crippen molar-refractivity contribution in [2.24, 2.45) is 7.05 Å². The Morgan fingerprint density at radius 2 is 1.83 bits per heavy atom. The number of halogens is 2. The Balaban J connectivity index is 1.64. The van der Waals surface area contributed by atoms with Gasteiger partial charge in [-0.1, -0.05) is 29.3 Å². The van der Waals surface area contributed by atoms with Crippen molar-refractivity contribution in [3.8, 4) is 22.5 Å². The second-order valence-electron chi connectivity index (χ2n) is 8.37. The zero-order chi connectivity index (χ0) is 25.6. The van der Waals surface area contributed by atoms with Crippen LogP contribution in [0.3, 0.4) is 0 Å². The molecule has 1 aliphatic heterocycles. The first-order chi connectivity index (χ1) is 17.3. The number of nitrogen functional groups attached to an aromatic ring is 1. The first kappa shape index (κ1) is 24.1. The lowest BCUT2D eigenvalue weighted by molar-refractivity contribution is 0.0726. The van der Waals surface area contributed by atoms with Crippen molar-refractivity contribution in [1.29, 1.82) is 0 Å². The molecule has 3 N–H and O–H groups in total. The molecule has 10 nitrogen and oxygen atoms in total. The molecule has 4 aromatic rings. The van der Waals surface area contributed by atoms with E-state index in [9.17, 15) is 9.59 Å². The molecule has 12 heteroatoms. The van der Waals surface area contributed by atoms with Crippen molar-refractivity contribution < 1.29 is 9.63 Å². The molecule has 4 heterocycles. The third-order valence-electron chi connectivity index (χ3n) is 6.15. The van der Waals surface area contributed by atoms with Crippen molar-refractivity contribution in [2.75, 3.05) is 39.0 Å². The summed E-state index contributed by atoms with van der Waals surface area (Å²) in [6, 6.07) is 8.25. The summed E-state index contributed by atoms with van der Waals surface area (Å²) in [5.74, 6) is 0.307. The Morgan fingerprint density at radius 1 is 1.14 bits per heavy atom. The molecule has 0 radical (unpaired) electrons. The first-order valence-corrected chi connectivity index (χ1v) is 11.9. The van der Waals surface area contributed by atoms with E-state index in [1.807, 2.05) is 0 Å². The number of piperazine rings is 1. The number of pyridine rings is 1. The van der Waals surface area contributed by atoms with E-state index in [-0.39, 0.29) is 28.8 Å². The highest BCUT2D eigenvalue weighted by atomic mass is 35.5. The molecule has 1 saturated heterocycles. The summed E-state index contributed by atoms with van der Waals surface area (Å²) < 4.78 is 2.76. The SMILES string of the molecule is COn1c(=O)c(-c2c(Cl)cccc2Cl)cc2c(N)nc(-c3cc(C(=O)N4CCNCC4)n(C)c3)nc21. The molecular weight excluding hydrogens is 505 g/mol. The maximum absolute atomic E-state index is 13.4. The Morgan fingerprint density at radius 3 is 2.50 bits per heavy atom. The predicted molar refractivity (Wildman–Crippen MR) is 139 cm³/mol. The van der Waals surface area contributed by atoms with Crippen molar-refractivity contribution in [1.82, 2.24) is 29.5 Å². The summed E-state index contributed by atoms with van der Waals surface area (Å²) in [7, 11) is 3.14. The van der Waals surface area contributed by atoms with E-state index in [4.69, 9.17) is 33.8 Å². The van der Waals surface area contributed by atoms with E-state index in [2.05, 4.69) is 15.3 Å². The van der Waals surface area contributed by atoms with E-state index >= 15 is 0 Å². The number of carbonyl (C=O) groups is 1. The molecule has 5 rings (SSSR count). The number of rotatable bonds is 4. The van der Waals surface area contributed by atoms with Crippen LogP contribution in [0.15, 0.2) is 41.3 Å². The van der Waals surface area contributed by atoms with Crippen LogP contribution in [-0.2, 0) is 7.05 Å². The maximum Gasteiger partial charge on any atom is 0.293 e. The maximum atomic E-state index is 13.4. The highest BCUT2D eigenvalue weighted by Gasteiger charge is 2.24. The monoisotopic (exact) mass is 527 g/mol. The third-order valence-corrected chi connectivity index (χ3v) is 6.78. The van der Waals surface area contributed by atoms with Crippen LogP contribution in [0.2, 0.25) is 10.0 Å². The first-order valence-electron chi connectivity index (χ1n) is 11.2. The number of nitrogens with zero attached hydrogens (tertiary/aromatic N) is 5. The van der Waals surface area contributed by atoms with Gasteiger partial charge >= 0.3 is 0 Å². The number of carbonyl (C=O) groups excluding carboxylic acids is 1. The lowest BCUT2D eigenvalue weighted by Gasteiger charge is -2.27. The number of anilines is 1. The lowest BCUT2D eigenvalue weighted by atomic mass is 10.1. The van der Waals surface area contributed by atoms with Crippen LogP contribution in [0.5, 0.6) is 0 Å². The zero-order valence-corrected chi connectivity index (χ0v) is 21.1. The number of nitrogens with two attached hydrogens (primary N) is 1. The van der Waals surface area contributed by atoms with Crippen molar-refractivity contribution in [3.05, 3.63) is 62.6 Å². The molecule has 0 spiro atoms. The summed E-state index contributed by atoms with van der Waals surface area (Å²) >= 11 is 12.7. The van der Waals surface area contributed by atoms with Gasteiger partial charge in [0.2, 0.25) is 0 Å². The van der Waals surface area contributed by atoms with Gasteiger partial charge in [0.1, 0.15) is 18.6 Å². The smallest absolute Gasteiger partial charge is 0.293 e. The Kier molecular flexibility index (Phi) is 6.33. The number of aryl methyl sites for hydroxylation is 1. The molecular formula is C24H23Cl2N7O3. The summed E-state index contributed by atoms with van der Waals surface area (Å²) in [4.78, 5) is 42.6. The molecule has 186 valence electrons. The Hall–Kier alpha value is -3.60. The summed E-state index contributed by atoms with van der Waals surface area (Å²) in [5.41, 5.74) is 7.65. The fourth-order valence-corrected chi connectivity index (χ4v) is 4.94. The predicted octanol–water partition coefficient (Wildman–Crippen LogP) is 2.46. The van der Waals surface area contributed by atoms with Gasteiger partial charge in [-0.15, -0.1) is 4.73 Å². The second-order valence-corrected chi connectivity index (χ2v) is 9.19. The van der Waals surface area contributed by atoms with Gasteiger partial charge in [-0.05, 0) is 24.3 Å². The van der Waals surface area contributed by atoms with Gasteiger partial charge in [0.05, 0.1) is 21.0 Å². The van der Waals surface area contributed by atoms with Gasteiger partial charge in [-0.3, -0.25) is 9.59 Å². The van der Waals surface area contributed by atoms with Crippen LogP contribution in [0, 0.1) is 0 Å². The number of benzene rings is 1. The summed E-state index contributed by atoms with van der Waals surface area (Å²) in [5, 5.41) is 4.24. The number of hydrogen-bond donors (Lipinski definition) is 2. The van der Waals surface area contributed by atoms with Crippen LogP contribution in [0.4, 0.5) is 5.82 Å². The molecule has 0 atom stereocenters. The van der Waals surface area contributed by atoms with Crippen LogP contribution in [0.1, 0.15) is 10.5 Å². The van der Waals surface area contributed by atoms with Gasteiger partial charge < -0.3 is 25.4 Å². The molecule has 36 heavy (non-hydrogen) atoms. The standard InChI is InChI=1S/C24H23Cl2N7O3/c1-31-12-13(10-18(31)24(35)32-8-6-28-7-9-32)21-29-20(27)15-11-14(19-16(25)4-3-5-17(19)26)23(34)33(36-2)22(15)30-21/h3-5,10-12,28H,6-9H2,1-2H3,(H2,27,29,30). The highest BCUT2D eigenvalue weighted by molar-refractivity contribution is 6.39.